The molecule has 0 amide bonds. The number of nitrogens with zero attached hydrogens (tertiary/aromatic N) is 5. The maximum atomic E-state index is 5.61. The number of aromatic nitrogens is 5. The highest BCUT2D eigenvalue weighted by Crippen LogP contribution is 2.05. The van der Waals surface area contributed by atoms with Crippen LogP contribution in [0.3, 0.4) is 0 Å². The summed E-state index contributed by atoms with van der Waals surface area (Å²) in [7, 11) is 0. The fourth-order valence-electron chi connectivity index (χ4n) is 1.43. The Hall–Kier alpha value is -1.85. The van der Waals surface area contributed by atoms with Crippen molar-refractivity contribution in [1.29, 1.82) is 0 Å². The number of rotatable bonds is 3. The molecule has 2 N–H and O–H groups in total. The molecule has 2 aromatic heterocycles. The Morgan fingerprint density at radius 1 is 1.33 bits per heavy atom. The maximum Gasteiger partial charge on any atom is 0.168 e. The van der Waals surface area contributed by atoms with Crippen LogP contribution in [0.1, 0.15) is 11.5 Å². The van der Waals surface area contributed by atoms with Gasteiger partial charge in [0.2, 0.25) is 0 Å². The number of anilines is 1. The van der Waals surface area contributed by atoms with Crippen molar-refractivity contribution < 1.29 is 0 Å². The van der Waals surface area contributed by atoms with Gasteiger partial charge in [-0.1, -0.05) is 5.21 Å². The van der Waals surface area contributed by atoms with E-state index in [0.717, 1.165) is 24.6 Å². The third kappa shape index (κ3) is 1.83. The van der Waals surface area contributed by atoms with Crippen LogP contribution in [0, 0.1) is 13.8 Å². The molecule has 2 heterocycles. The van der Waals surface area contributed by atoms with Gasteiger partial charge in [0.15, 0.2) is 5.82 Å². The van der Waals surface area contributed by atoms with Crippen molar-refractivity contribution >= 4 is 5.82 Å². The molecule has 0 aliphatic carbocycles. The number of aryl methyl sites for hydroxylation is 3. The molecule has 0 fully saturated rings. The van der Waals surface area contributed by atoms with Gasteiger partial charge in [-0.2, -0.15) is 0 Å². The number of hydrogen-bond donors (Lipinski definition) is 1. The molecule has 0 bridgehead atoms. The van der Waals surface area contributed by atoms with Crippen molar-refractivity contribution in [2.75, 3.05) is 5.73 Å². The summed E-state index contributed by atoms with van der Waals surface area (Å²) in [5.41, 5.74) is 6.52. The van der Waals surface area contributed by atoms with E-state index in [1.165, 1.54) is 0 Å². The van der Waals surface area contributed by atoms with Crippen LogP contribution >= 0.6 is 0 Å². The van der Waals surface area contributed by atoms with Crippen LogP contribution in [0.4, 0.5) is 5.82 Å². The van der Waals surface area contributed by atoms with E-state index in [1.807, 2.05) is 20.0 Å². The summed E-state index contributed by atoms with van der Waals surface area (Å²) in [5, 5.41) is 7.76. The summed E-state index contributed by atoms with van der Waals surface area (Å²) in [5.74, 6) is 1.50. The van der Waals surface area contributed by atoms with Gasteiger partial charge in [-0.3, -0.25) is 0 Å². The molecule has 0 radical (unpaired) electrons. The second-order valence-corrected chi connectivity index (χ2v) is 3.45. The van der Waals surface area contributed by atoms with E-state index in [0.29, 0.717) is 5.82 Å². The Morgan fingerprint density at radius 3 is 2.67 bits per heavy atom. The Bertz CT molecular complexity index is 455. The van der Waals surface area contributed by atoms with Crippen molar-refractivity contribution in [2.24, 2.45) is 0 Å². The highest BCUT2D eigenvalue weighted by molar-refractivity contribution is 5.31. The smallest absolute Gasteiger partial charge is 0.168 e. The zero-order valence-corrected chi connectivity index (χ0v) is 8.88. The second-order valence-electron chi connectivity index (χ2n) is 3.45. The van der Waals surface area contributed by atoms with Crippen molar-refractivity contribution in [3.05, 3.63) is 23.9 Å². The lowest BCUT2D eigenvalue weighted by Crippen LogP contribution is -2.10. The van der Waals surface area contributed by atoms with Gasteiger partial charge in [0.1, 0.15) is 5.82 Å². The average Bonchev–Trinajstić information content (AvgIpc) is 2.74. The molecule has 0 atom stereocenters. The minimum Gasteiger partial charge on any atom is -0.381 e. The Labute approximate surface area is 87.7 Å². The Morgan fingerprint density at radius 2 is 2.13 bits per heavy atom. The monoisotopic (exact) mass is 206 g/mol. The Kier molecular flexibility index (Phi) is 2.40. The van der Waals surface area contributed by atoms with E-state index in [9.17, 15) is 0 Å². The molecule has 80 valence electrons. The molecule has 0 aliphatic rings. The van der Waals surface area contributed by atoms with E-state index < -0.39 is 0 Å². The number of nitrogens with two attached hydrogens (primary N) is 1. The van der Waals surface area contributed by atoms with Crippen LogP contribution in [0.2, 0.25) is 0 Å². The largest absolute Gasteiger partial charge is 0.381 e. The quantitative estimate of drug-likeness (QED) is 0.787. The van der Waals surface area contributed by atoms with Gasteiger partial charge >= 0.3 is 0 Å². The van der Waals surface area contributed by atoms with E-state index in [-0.39, 0.29) is 0 Å². The molecule has 6 heteroatoms. The molecule has 0 saturated carbocycles. The summed E-state index contributed by atoms with van der Waals surface area (Å²) in [6.45, 7) is 5.47. The molecule has 0 aromatic carbocycles. The number of nitrogen functional groups attached to an aromatic ring is 1. The standard InChI is InChI=1S/C9H14N6/c1-7-9(10)12-13-15(7)6-5-14-4-3-11-8(14)2/h3-4H,5-6,10H2,1-2H3. The van der Waals surface area contributed by atoms with Crippen LogP contribution in [-0.2, 0) is 13.1 Å². The van der Waals surface area contributed by atoms with E-state index in [2.05, 4.69) is 19.9 Å². The fraction of sp³-hybridized carbons (Fsp3) is 0.444. The highest BCUT2D eigenvalue weighted by Gasteiger charge is 2.04. The normalized spacial score (nSPS) is 10.8. The Balaban J connectivity index is 2.05. The molecule has 0 aliphatic heterocycles. The van der Waals surface area contributed by atoms with Gasteiger partial charge in [-0.15, -0.1) is 5.10 Å². The lowest BCUT2D eigenvalue weighted by atomic mass is 10.4. The van der Waals surface area contributed by atoms with Crippen molar-refractivity contribution in [3.8, 4) is 0 Å². The molecule has 0 saturated heterocycles. The van der Waals surface area contributed by atoms with Crippen LogP contribution in [0.5, 0.6) is 0 Å². The molecule has 0 spiro atoms. The van der Waals surface area contributed by atoms with Gasteiger partial charge in [0, 0.05) is 18.9 Å². The van der Waals surface area contributed by atoms with E-state index in [1.54, 1.807) is 10.9 Å². The zero-order valence-electron chi connectivity index (χ0n) is 8.88. The second kappa shape index (κ2) is 3.72. The third-order valence-electron chi connectivity index (χ3n) is 2.49. The molecule has 2 rings (SSSR count). The van der Waals surface area contributed by atoms with Gasteiger partial charge < -0.3 is 10.3 Å². The number of hydrogen-bond acceptors (Lipinski definition) is 4. The van der Waals surface area contributed by atoms with Crippen LogP contribution < -0.4 is 5.73 Å². The summed E-state index contributed by atoms with van der Waals surface area (Å²) in [6, 6.07) is 0. The zero-order chi connectivity index (χ0) is 10.8. The van der Waals surface area contributed by atoms with Gasteiger partial charge in [0.05, 0.1) is 12.2 Å². The average molecular weight is 206 g/mol. The van der Waals surface area contributed by atoms with Crippen LogP contribution in [-0.4, -0.2) is 24.5 Å². The molecular formula is C9H14N6. The number of imidazole rings is 1. The first-order chi connectivity index (χ1) is 7.18. The summed E-state index contributed by atoms with van der Waals surface area (Å²) in [6.07, 6.45) is 3.74. The minimum absolute atomic E-state index is 0.498. The fourth-order valence-corrected chi connectivity index (χ4v) is 1.43. The molecule has 6 nitrogen and oxygen atoms in total. The van der Waals surface area contributed by atoms with Crippen molar-refractivity contribution in [3.63, 3.8) is 0 Å². The summed E-state index contributed by atoms with van der Waals surface area (Å²) >= 11 is 0. The van der Waals surface area contributed by atoms with Crippen LogP contribution in [0.15, 0.2) is 12.4 Å². The summed E-state index contributed by atoms with van der Waals surface area (Å²) < 4.78 is 3.87. The maximum absolute atomic E-state index is 5.61. The molecule has 15 heavy (non-hydrogen) atoms. The molecular weight excluding hydrogens is 192 g/mol. The first-order valence-electron chi connectivity index (χ1n) is 4.82. The predicted molar refractivity (Wildman–Crippen MR) is 56.1 cm³/mol. The van der Waals surface area contributed by atoms with Crippen molar-refractivity contribution in [2.45, 2.75) is 26.9 Å². The lowest BCUT2D eigenvalue weighted by Gasteiger charge is -2.05. The van der Waals surface area contributed by atoms with Gasteiger partial charge in [-0.05, 0) is 13.8 Å². The minimum atomic E-state index is 0.498. The highest BCUT2D eigenvalue weighted by atomic mass is 15.4. The van der Waals surface area contributed by atoms with Crippen LogP contribution in [0.25, 0.3) is 0 Å². The van der Waals surface area contributed by atoms with E-state index >= 15 is 0 Å². The topological polar surface area (TPSA) is 74.5 Å². The van der Waals surface area contributed by atoms with Gasteiger partial charge in [-0.25, -0.2) is 9.67 Å². The van der Waals surface area contributed by atoms with Crippen molar-refractivity contribution in [1.82, 2.24) is 24.5 Å². The van der Waals surface area contributed by atoms with Gasteiger partial charge in [0.25, 0.3) is 0 Å². The first kappa shape index (κ1) is 9.70. The van der Waals surface area contributed by atoms with E-state index in [4.69, 9.17) is 5.73 Å². The predicted octanol–water partition coefficient (Wildman–Crippen LogP) is 0.374. The summed E-state index contributed by atoms with van der Waals surface area (Å²) in [4.78, 5) is 4.15. The third-order valence-corrected chi connectivity index (χ3v) is 2.49. The first-order valence-corrected chi connectivity index (χ1v) is 4.82. The lowest BCUT2D eigenvalue weighted by molar-refractivity contribution is 0.504. The molecule has 2 aromatic rings. The molecule has 0 unspecified atom stereocenters. The SMILES string of the molecule is Cc1nccn1CCn1nnc(N)c1C.